The Morgan fingerprint density at radius 3 is 2.68 bits per heavy atom. The summed E-state index contributed by atoms with van der Waals surface area (Å²) in [6, 6.07) is 5.59. The topological polar surface area (TPSA) is 66.5 Å². The van der Waals surface area contributed by atoms with Gasteiger partial charge in [0.1, 0.15) is 5.82 Å². The third-order valence-corrected chi connectivity index (χ3v) is 4.16. The van der Waals surface area contributed by atoms with Crippen LogP contribution in [0.25, 0.3) is 6.08 Å². The molecule has 0 bridgehead atoms. The van der Waals surface area contributed by atoms with E-state index in [2.05, 4.69) is 4.72 Å². The summed E-state index contributed by atoms with van der Waals surface area (Å²) >= 11 is 0. The molecule has 7 heteroatoms. The Morgan fingerprint density at radius 1 is 1.36 bits per heavy atom. The quantitative estimate of drug-likeness (QED) is 0.850. The van der Waals surface area contributed by atoms with Crippen LogP contribution >= 0.6 is 0 Å². The largest absolute Gasteiger partial charge is 0.338 e. The molecule has 120 valence electrons. The van der Waals surface area contributed by atoms with Crippen LogP contribution in [0.1, 0.15) is 18.4 Å². The number of carbonyl (C=O) groups excluding carboxylic acids is 1. The molecule has 1 aromatic carbocycles. The number of hydrogen-bond donors (Lipinski definition) is 1. The molecule has 1 aromatic rings. The first kappa shape index (κ1) is 16.6. The molecule has 22 heavy (non-hydrogen) atoms. The fourth-order valence-electron chi connectivity index (χ4n) is 2.42. The third kappa shape index (κ3) is 5.23. The second-order valence-electron chi connectivity index (χ2n) is 5.40. The Morgan fingerprint density at radius 2 is 2.05 bits per heavy atom. The zero-order valence-electron chi connectivity index (χ0n) is 12.3. The van der Waals surface area contributed by atoms with E-state index in [1.165, 1.54) is 18.2 Å². The first-order chi connectivity index (χ1) is 10.3. The average Bonchev–Trinajstić information content (AvgIpc) is 2.45. The second-order valence-corrected chi connectivity index (χ2v) is 7.18. The third-order valence-electron chi connectivity index (χ3n) is 3.40. The lowest BCUT2D eigenvalue weighted by molar-refractivity contribution is -0.127. The molecule has 1 amide bonds. The summed E-state index contributed by atoms with van der Waals surface area (Å²) in [6.07, 6.45) is 5.63. The maximum Gasteiger partial charge on any atom is 0.246 e. The molecule has 5 nitrogen and oxygen atoms in total. The molecule has 1 atom stereocenters. The highest BCUT2D eigenvalue weighted by Crippen LogP contribution is 2.12. The highest BCUT2D eigenvalue weighted by molar-refractivity contribution is 7.88. The zero-order chi connectivity index (χ0) is 16.2. The molecule has 0 saturated carbocycles. The van der Waals surface area contributed by atoms with Crippen LogP contribution < -0.4 is 4.72 Å². The molecule has 2 rings (SSSR count). The molecular formula is C15H19FN2O3S. The zero-order valence-corrected chi connectivity index (χ0v) is 13.1. The standard InChI is InChI=1S/C15H19FN2O3S/c1-22(20,21)17-14-3-2-10-18(11-14)15(19)9-6-12-4-7-13(16)8-5-12/h4-9,14,17H,2-3,10-11H2,1H3/b9-6+/t14-/m0/s1. The lowest BCUT2D eigenvalue weighted by atomic mass is 10.1. The Hall–Kier alpha value is -1.73. The Labute approximate surface area is 129 Å². The molecule has 0 unspecified atom stereocenters. The van der Waals surface area contributed by atoms with Crippen LogP contribution in [0.3, 0.4) is 0 Å². The van der Waals surface area contributed by atoms with Crippen molar-refractivity contribution in [2.75, 3.05) is 19.3 Å². The van der Waals surface area contributed by atoms with Gasteiger partial charge in [-0.05, 0) is 36.6 Å². The van der Waals surface area contributed by atoms with Gasteiger partial charge in [0.15, 0.2) is 0 Å². The van der Waals surface area contributed by atoms with E-state index < -0.39 is 10.0 Å². The van der Waals surface area contributed by atoms with Crippen molar-refractivity contribution < 1.29 is 17.6 Å². The minimum Gasteiger partial charge on any atom is -0.338 e. The average molecular weight is 326 g/mol. The van der Waals surface area contributed by atoms with E-state index in [1.54, 1.807) is 23.1 Å². The van der Waals surface area contributed by atoms with E-state index in [0.29, 0.717) is 13.1 Å². The van der Waals surface area contributed by atoms with Gasteiger partial charge in [-0.15, -0.1) is 0 Å². The molecule has 1 saturated heterocycles. The fraction of sp³-hybridized carbons (Fsp3) is 0.400. The molecule has 1 heterocycles. The van der Waals surface area contributed by atoms with Gasteiger partial charge < -0.3 is 4.90 Å². The molecule has 0 spiro atoms. The van der Waals surface area contributed by atoms with Crippen molar-refractivity contribution >= 4 is 22.0 Å². The van der Waals surface area contributed by atoms with Crippen molar-refractivity contribution in [1.29, 1.82) is 0 Å². The normalized spacial score (nSPS) is 19.5. The lowest BCUT2D eigenvalue weighted by Gasteiger charge is -2.32. The van der Waals surface area contributed by atoms with Gasteiger partial charge in [-0.25, -0.2) is 17.5 Å². The summed E-state index contributed by atoms with van der Waals surface area (Å²) in [7, 11) is -3.27. The highest BCUT2D eigenvalue weighted by Gasteiger charge is 2.24. The first-order valence-corrected chi connectivity index (χ1v) is 8.92. The summed E-state index contributed by atoms with van der Waals surface area (Å²) in [5, 5.41) is 0. The summed E-state index contributed by atoms with van der Waals surface area (Å²) < 4.78 is 37.8. The number of hydrogen-bond acceptors (Lipinski definition) is 3. The van der Waals surface area contributed by atoms with Gasteiger partial charge >= 0.3 is 0 Å². The van der Waals surface area contributed by atoms with Crippen LogP contribution in [0.4, 0.5) is 4.39 Å². The molecule has 1 aliphatic heterocycles. The smallest absolute Gasteiger partial charge is 0.246 e. The summed E-state index contributed by atoms with van der Waals surface area (Å²) in [5.74, 6) is -0.501. The van der Waals surface area contributed by atoms with Crippen LogP contribution in [0.2, 0.25) is 0 Å². The second kappa shape index (κ2) is 7.02. The number of halogens is 1. The van der Waals surface area contributed by atoms with Crippen LogP contribution in [-0.2, 0) is 14.8 Å². The number of rotatable bonds is 4. The summed E-state index contributed by atoms with van der Waals surface area (Å²) in [6.45, 7) is 0.966. The van der Waals surface area contributed by atoms with Crippen LogP contribution in [0.5, 0.6) is 0 Å². The van der Waals surface area contributed by atoms with Gasteiger partial charge in [0.05, 0.1) is 6.26 Å². The number of piperidine rings is 1. The molecule has 0 aliphatic carbocycles. The SMILES string of the molecule is CS(=O)(=O)N[C@H]1CCCN(C(=O)/C=C/c2ccc(F)cc2)C1. The van der Waals surface area contributed by atoms with E-state index in [4.69, 9.17) is 0 Å². The molecule has 1 N–H and O–H groups in total. The maximum atomic E-state index is 12.8. The Balaban J connectivity index is 1.95. The molecular weight excluding hydrogens is 307 g/mol. The highest BCUT2D eigenvalue weighted by atomic mass is 32.2. The van der Waals surface area contributed by atoms with E-state index in [1.807, 2.05) is 0 Å². The lowest BCUT2D eigenvalue weighted by Crippen LogP contribution is -2.48. The minimum absolute atomic E-state index is 0.177. The van der Waals surface area contributed by atoms with Crippen molar-refractivity contribution in [3.8, 4) is 0 Å². The van der Waals surface area contributed by atoms with Crippen molar-refractivity contribution in [2.45, 2.75) is 18.9 Å². The Bertz CT molecular complexity index is 656. The van der Waals surface area contributed by atoms with Gasteiger partial charge in [0.2, 0.25) is 15.9 Å². The Kier molecular flexibility index (Phi) is 5.31. The number of amides is 1. The monoisotopic (exact) mass is 326 g/mol. The van der Waals surface area contributed by atoms with Crippen molar-refractivity contribution in [1.82, 2.24) is 9.62 Å². The van der Waals surface area contributed by atoms with Gasteiger partial charge in [0.25, 0.3) is 0 Å². The number of likely N-dealkylation sites (tertiary alicyclic amines) is 1. The van der Waals surface area contributed by atoms with E-state index >= 15 is 0 Å². The minimum atomic E-state index is -3.27. The summed E-state index contributed by atoms with van der Waals surface area (Å²) in [4.78, 5) is 13.8. The van der Waals surface area contributed by atoms with Gasteiger partial charge in [-0.2, -0.15) is 0 Å². The molecule has 0 radical (unpaired) electrons. The van der Waals surface area contributed by atoms with Gasteiger partial charge in [-0.1, -0.05) is 12.1 Å². The molecule has 1 fully saturated rings. The predicted octanol–water partition coefficient (Wildman–Crippen LogP) is 1.38. The number of nitrogens with one attached hydrogen (secondary N) is 1. The van der Waals surface area contributed by atoms with E-state index in [9.17, 15) is 17.6 Å². The van der Waals surface area contributed by atoms with Crippen LogP contribution in [0, 0.1) is 5.82 Å². The van der Waals surface area contributed by atoms with Crippen molar-refractivity contribution in [3.05, 3.63) is 41.7 Å². The first-order valence-electron chi connectivity index (χ1n) is 7.03. The van der Waals surface area contributed by atoms with Gasteiger partial charge in [-0.3, -0.25) is 4.79 Å². The number of benzene rings is 1. The maximum absolute atomic E-state index is 12.8. The van der Waals surface area contributed by atoms with E-state index in [0.717, 1.165) is 24.7 Å². The predicted molar refractivity (Wildman–Crippen MR) is 83.0 cm³/mol. The van der Waals surface area contributed by atoms with Crippen LogP contribution in [-0.4, -0.2) is 44.6 Å². The summed E-state index contributed by atoms with van der Waals surface area (Å²) in [5.41, 5.74) is 0.734. The van der Waals surface area contributed by atoms with Crippen molar-refractivity contribution in [3.63, 3.8) is 0 Å². The fourth-order valence-corrected chi connectivity index (χ4v) is 3.22. The van der Waals surface area contributed by atoms with Crippen molar-refractivity contribution in [2.24, 2.45) is 0 Å². The molecule has 1 aliphatic rings. The van der Waals surface area contributed by atoms with Gasteiger partial charge in [0, 0.05) is 25.2 Å². The van der Waals surface area contributed by atoms with E-state index in [-0.39, 0.29) is 17.8 Å². The number of carbonyl (C=O) groups is 1. The van der Waals surface area contributed by atoms with Crippen LogP contribution in [0.15, 0.2) is 30.3 Å². The molecule has 0 aromatic heterocycles. The number of nitrogens with zero attached hydrogens (tertiary/aromatic N) is 1. The number of sulfonamides is 1.